The van der Waals surface area contributed by atoms with Gasteiger partial charge in [0, 0.05) is 5.56 Å². The summed E-state index contributed by atoms with van der Waals surface area (Å²) < 4.78 is 0. The zero-order valence-corrected chi connectivity index (χ0v) is 10.2. The van der Waals surface area contributed by atoms with Crippen molar-refractivity contribution in [3.63, 3.8) is 0 Å². The number of hydrogen-bond acceptors (Lipinski definition) is 4. The molecule has 6 heteroatoms. The molecule has 0 saturated heterocycles. The maximum Gasteiger partial charge on any atom is 0.235 e. The highest BCUT2D eigenvalue weighted by molar-refractivity contribution is 8.00. The van der Waals surface area contributed by atoms with E-state index in [0.717, 1.165) is 11.1 Å². The minimum Gasteiger partial charge on any atom is -0.508 e. The van der Waals surface area contributed by atoms with Crippen LogP contribution in [0.4, 0.5) is 5.82 Å². The topological polar surface area (TPSA) is 78.0 Å². The summed E-state index contributed by atoms with van der Waals surface area (Å²) in [7, 11) is 0. The molecule has 0 spiro atoms. The fourth-order valence-electron chi connectivity index (χ4n) is 1.98. The van der Waals surface area contributed by atoms with Gasteiger partial charge in [0.25, 0.3) is 0 Å². The van der Waals surface area contributed by atoms with Crippen LogP contribution in [0.1, 0.15) is 16.4 Å². The predicted molar refractivity (Wildman–Crippen MR) is 69.6 cm³/mol. The largest absolute Gasteiger partial charge is 0.508 e. The fraction of sp³-hybridized carbons (Fsp3) is 0.167. The lowest BCUT2D eigenvalue weighted by molar-refractivity contribution is -0.113. The quantitative estimate of drug-likeness (QED) is 0.732. The number of phenolic OH excluding ortho intramolecular Hbond substituents is 1. The molecule has 0 fully saturated rings. The van der Waals surface area contributed by atoms with Crippen LogP contribution in [0.15, 0.2) is 30.5 Å². The van der Waals surface area contributed by atoms with Crippen molar-refractivity contribution in [2.75, 3.05) is 11.1 Å². The Morgan fingerprint density at radius 3 is 3.17 bits per heavy atom. The van der Waals surface area contributed by atoms with Crippen LogP contribution in [0.2, 0.25) is 0 Å². The van der Waals surface area contributed by atoms with E-state index in [-0.39, 0.29) is 16.9 Å². The van der Waals surface area contributed by atoms with E-state index in [2.05, 4.69) is 15.5 Å². The van der Waals surface area contributed by atoms with Crippen LogP contribution in [-0.4, -0.2) is 27.0 Å². The number of rotatable bonds is 1. The molecule has 18 heavy (non-hydrogen) atoms. The van der Waals surface area contributed by atoms with Crippen LogP contribution in [0, 0.1) is 0 Å². The van der Waals surface area contributed by atoms with Crippen molar-refractivity contribution < 1.29 is 9.90 Å². The first-order valence-corrected chi connectivity index (χ1v) is 6.52. The van der Waals surface area contributed by atoms with E-state index in [9.17, 15) is 9.90 Å². The molecule has 2 heterocycles. The van der Waals surface area contributed by atoms with Crippen LogP contribution < -0.4 is 5.32 Å². The van der Waals surface area contributed by atoms with Gasteiger partial charge < -0.3 is 10.4 Å². The lowest BCUT2D eigenvalue weighted by Gasteiger charge is -2.13. The van der Waals surface area contributed by atoms with Gasteiger partial charge in [-0.3, -0.25) is 9.89 Å². The molecule has 3 N–H and O–H groups in total. The summed E-state index contributed by atoms with van der Waals surface area (Å²) >= 11 is 1.52. The number of phenols is 1. The molecule has 1 aliphatic heterocycles. The molecule has 1 atom stereocenters. The standard InChI is InChI=1S/C12H11N3O2S/c16-8-3-1-2-7(4-8)11-9-5-13-15-12(9)14-10(17)6-18-11/h1-5,11,16H,6H2,(H2,13,14,15,17)/t11-/m0/s1. The van der Waals surface area contributed by atoms with E-state index in [1.165, 1.54) is 11.8 Å². The van der Waals surface area contributed by atoms with Crippen molar-refractivity contribution in [1.29, 1.82) is 0 Å². The van der Waals surface area contributed by atoms with E-state index >= 15 is 0 Å². The van der Waals surface area contributed by atoms with Gasteiger partial charge in [-0.15, -0.1) is 11.8 Å². The number of aromatic nitrogens is 2. The summed E-state index contributed by atoms with van der Waals surface area (Å²) in [6, 6.07) is 7.07. The van der Waals surface area contributed by atoms with Gasteiger partial charge in [0.1, 0.15) is 11.6 Å². The molecular formula is C12H11N3O2S. The van der Waals surface area contributed by atoms with Gasteiger partial charge >= 0.3 is 0 Å². The molecule has 2 aromatic rings. The van der Waals surface area contributed by atoms with Crippen molar-refractivity contribution >= 4 is 23.5 Å². The molecular weight excluding hydrogens is 250 g/mol. The molecule has 1 aromatic carbocycles. The summed E-state index contributed by atoms with van der Waals surface area (Å²) in [4.78, 5) is 11.6. The summed E-state index contributed by atoms with van der Waals surface area (Å²) in [5, 5.41) is 19.1. The highest BCUT2D eigenvalue weighted by Gasteiger charge is 2.25. The highest BCUT2D eigenvalue weighted by atomic mass is 32.2. The summed E-state index contributed by atoms with van der Waals surface area (Å²) in [6.07, 6.45) is 1.71. The van der Waals surface area contributed by atoms with E-state index in [4.69, 9.17) is 0 Å². The van der Waals surface area contributed by atoms with Crippen molar-refractivity contribution in [3.05, 3.63) is 41.6 Å². The third-order valence-corrected chi connectivity index (χ3v) is 4.06. The highest BCUT2D eigenvalue weighted by Crippen LogP contribution is 2.41. The van der Waals surface area contributed by atoms with Gasteiger partial charge in [0.05, 0.1) is 17.2 Å². The summed E-state index contributed by atoms with van der Waals surface area (Å²) in [5.74, 6) is 1.19. The summed E-state index contributed by atoms with van der Waals surface area (Å²) in [5.41, 5.74) is 1.88. The third-order valence-electron chi connectivity index (χ3n) is 2.77. The number of carbonyl (C=O) groups excluding carboxylic acids is 1. The first kappa shape index (κ1) is 11.2. The van der Waals surface area contributed by atoms with Gasteiger partial charge in [0.15, 0.2) is 0 Å². The average Bonchev–Trinajstić information content (AvgIpc) is 2.72. The van der Waals surface area contributed by atoms with Gasteiger partial charge in [0.2, 0.25) is 5.91 Å². The number of nitrogens with one attached hydrogen (secondary N) is 2. The maximum absolute atomic E-state index is 11.6. The molecule has 0 radical (unpaired) electrons. The zero-order chi connectivity index (χ0) is 12.5. The molecule has 3 rings (SSSR count). The Labute approximate surface area is 108 Å². The minimum atomic E-state index is -0.0480. The van der Waals surface area contributed by atoms with Crippen molar-refractivity contribution in [1.82, 2.24) is 10.2 Å². The Bertz CT molecular complexity index is 597. The number of hydrogen-bond donors (Lipinski definition) is 3. The molecule has 1 amide bonds. The number of carbonyl (C=O) groups is 1. The molecule has 1 aliphatic rings. The number of benzene rings is 1. The minimum absolute atomic E-state index is 0.00944. The number of thioether (sulfide) groups is 1. The molecule has 5 nitrogen and oxygen atoms in total. The number of nitrogens with zero attached hydrogens (tertiary/aromatic N) is 1. The number of aromatic amines is 1. The second-order valence-corrected chi connectivity index (χ2v) is 5.13. The Kier molecular flexibility index (Phi) is 2.71. The second-order valence-electron chi connectivity index (χ2n) is 4.03. The molecule has 92 valence electrons. The smallest absolute Gasteiger partial charge is 0.235 e. The molecule has 1 aromatic heterocycles. The Hall–Kier alpha value is -1.95. The third kappa shape index (κ3) is 1.95. The SMILES string of the molecule is O=C1CS[C@@H](c2cccc(O)c2)c2cn[nH]c2N1. The molecule has 0 bridgehead atoms. The van der Waals surface area contributed by atoms with Crippen LogP contribution in [0.25, 0.3) is 0 Å². The van der Waals surface area contributed by atoms with E-state index in [0.29, 0.717) is 11.6 Å². The first-order chi connectivity index (χ1) is 8.74. The molecule has 0 unspecified atom stereocenters. The van der Waals surface area contributed by atoms with Crippen molar-refractivity contribution in [3.8, 4) is 5.75 Å². The molecule has 0 aliphatic carbocycles. The first-order valence-electron chi connectivity index (χ1n) is 5.47. The van der Waals surface area contributed by atoms with E-state index < -0.39 is 0 Å². The molecule has 0 saturated carbocycles. The zero-order valence-electron chi connectivity index (χ0n) is 9.38. The normalized spacial score (nSPS) is 18.9. The van der Waals surface area contributed by atoms with E-state index in [1.54, 1.807) is 24.4 Å². The monoisotopic (exact) mass is 261 g/mol. The van der Waals surface area contributed by atoms with Crippen LogP contribution >= 0.6 is 11.8 Å². The van der Waals surface area contributed by atoms with Crippen molar-refractivity contribution in [2.45, 2.75) is 5.25 Å². The Morgan fingerprint density at radius 2 is 2.33 bits per heavy atom. The van der Waals surface area contributed by atoms with Crippen molar-refractivity contribution in [2.24, 2.45) is 0 Å². The number of amides is 1. The van der Waals surface area contributed by atoms with Gasteiger partial charge in [-0.2, -0.15) is 5.10 Å². The Balaban J connectivity index is 2.05. The number of aromatic hydroxyl groups is 1. The Morgan fingerprint density at radius 1 is 1.44 bits per heavy atom. The second kappa shape index (κ2) is 4.38. The number of anilines is 1. The number of H-pyrrole nitrogens is 1. The van der Waals surface area contributed by atoms with Crippen LogP contribution in [-0.2, 0) is 4.79 Å². The van der Waals surface area contributed by atoms with Crippen LogP contribution in [0.3, 0.4) is 0 Å². The van der Waals surface area contributed by atoms with Gasteiger partial charge in [-0.25, -0.2) is 0 Å². The van der Waals surface area contributed by atoms with Gasteiger partial charge in [-0.1, -0.05) is 12.1 Å². The fourth-order valence-corrected chi connectivity index (χ4v) is 3.07. The predicted octanol–water partition coefficient (Wildman–Crippen LogP) is 1.89. The van der Waals surface area contributed by atoms with Crippen LogP contribution in [0.5, 0.6) is 5.75 Å². The maximum atomic E-state index is 11.6. The summed E-state index contributed by atoms with van der Waals surface area (Å²) in [6.45, 7) is 0. The number of fused-ring (bicyclic) bond motifs is 1. The van der Waals surface area contributed by atoms with Gasteiger partial charge in [-0.05, 0) is 17.7 Å². The average molecular weight is 261 g/mol. The lowest BCUT2D eigenvalue weighted by Crippen LogP contribution is -2.12. The van der Waals surface area contributed by atoms with E-state index in [1.807, 2.05) is 6.07 Å². The lowest BCUT2D eigenvalue weighted by atomic mass is 10.1.